The summed E-state index contributed by atoms with van der Waals surface area (Å²) in [4.78, 5) is 8.90. The standard InChI is InChI=1S/C7H12F3NO.C2HF3O2/c8-7(9,10)6(5-12)1-3-11-4-2-6;3-2(4,5)1(6)7/h11-12H,1-5H2;(H,6,7). The van der Waals surface area contributed by atoms with Crippen LogP contribution in [0.4, 0.5) is 26.3 Å². The lowest BCUT2D eigenvalue weighted by Gasteiger charge is -2.37. The molecule has 1 aliphatic heterocycles. The van der Waals surface area contributed by atoms with Crippen molar-refractivity contribution in [2.45, 2.75) is 25.2 Å². The summed E-state index contributed by atoms with van der Waals surface area (Å²) in [5.74, 6) is -2.76. The van der Waals surface area contributed by atoms with Gasteiger partial charge in [0.2, 0.25) is 0 Å². The van der Waals surface area contributed by atoms with Gasteiger partial charge in [-0.25, -0.2) is 4.79 Å². The average Bonchev–Trinajstić information content (AvgIpc) is 2.28. The summed E-state index contributed by atoms with van der Waals surface area (Å²) in [6.07, 6.45) is -9.40. The van der Waals surface area contributed by atoms with E-state index >= 15 is 0 Å². The molecule has 0 aromatic carbocycles. The molecule has 114 valence electrons. The summed E-state index contributed by atoms with van der Waals surface area (Å²) in [5, 5.41) is 18.7. The fraction of sp³-hybridized carbons (Fsp3) is 0.889. The van der Waals surface area contributed by atoms with Gasteiger partial charge in [0.15, 0.2) is 0 Å². The largest absolute Gasteiger partial charge is 0.490 e. The van der Waals surface area contributed by atoms with Crippen molar-refractivity contribution in [3.63, 3.8) is 0 Å². The van der Waals surface area contributed by atoms with Crippen LogP contribution in [0.25, 0.3) is 0 Å². The molecule has 0 unspecified atom stereocenters. The minimum atomic E-state index is -5.08. The SMILES string of the molecule is O=C(O)C(F)(F)F.OCC1(C(F)(F)F)CCNCC1. The topological polar surface area (TPSA) is 69.6 Å². The third-order valence-electron chi connectivity index (χ3n) is 2.71. The summed E-state index contributed by atoms with van der Waals surface area (Å²) in [6, 6.07) is 0. The fourth-order valence-corrected chi connectivity index (χ4v) is 1.44. The number of aliphatic hydroxyl groups excluding tert-OH is 1. The molecule has 3 N–H and O–H groups in total. The number of carboxylic acid groups (broad SMARTS) is 1. The Morgan fingerprint density at radius 1 is 1.11 bits per heavy atom. The molecule has 10 heteroatoms. The highest BCUT2D eigenvalue weighted by atomic mass is 19.4. The van der Waals surface area contributed by atoms with Gasteiger partial charge >= 0.3 is 18.3 Å². The smallest absolute Gasteiger partial charge is 0.475 e. The number of nitrogens with one attached hydrogen (secondary N) is 1. The van der Waals surface area contributed by atoms with Gasteiger partial charge in [0, 0.05) is 0 Å². The first-order chi connectivity index (χ1) is 8.46. The van der Waals surface area contributed by atoms with Crippen LogP contribution in [0.2, 0.25) is 0 Å². The zero-order chi connectivity index (χ0) is 15.3. The summed E-state index contributed by atoms with van der Waals surface area (Å²) in [6.45, 7) is -0.127. The molecule has 4 nitrogen and oxygen atoms in total. The predicted molar refractivity (Wildman–Crippen MR) is 51.4 cm³/mol. The monoisotopic (exact) mass is 297 g/mol. The maximum atomic E-state index is 12.4. The molecule has 1 fully saturated rings. The number of piperidine rings is 1. The lowest BCUT2D eigenvalue weighted by atomic mass is 9.79. The van der Waals surface area contributed by atoms with E-state index in [1.807, 2.05) is 0 Å². The van der Waals surface area contributed by atoms with Crippen LogP contribution < -0.4 is 5.32 Å². The molecular formula is C9H13F6NO3. The summed E-state index contributed by atoms with van der Waals surface area (Å²) < 4.78 is 69.0. The number of carbonyl (C=O) groups is 1. The van der Waals surface area contributed by atoms with Gasteiger partial charge in [0.1, 0.15) is 0 Å². The number of alkyl halides is 6. The van der Waals surface area contributed by atoms with Crippen molar-refractivity contribution >= 4 is 5.97 Å². The first kappa shape index (κ1) is 18.0. The first-order valence-corrected chi connectivity index (χ1v) is 5.15. The van der Waals surface area contributed by atoms with Crippen molar-refractivity contribution in [3.05, 3.63) is 0 Å². The Balaban J connectivity index is 0.000000399. The van der Waals surface area contributed by atoms with Crippen molar-refractivity contribution in [2.24, 2.45) is 5.41 Å². The van der Waals surface area contributed by atoms with E-state index in [-0.39, 0.29) is 12.8 Å². The second kappa shape index (κ2) is 6.42. The molecule has 1 heterocycles. The average molecular weight is 297 g/mol. The van der Waals surface area contributed by atoms with E-state index < -0.39 is 30.3 Å². The van der Waals surface area contributed by atoms with Gasteiger partial charge in [-0.1, -0.05) is 0 Å². The van der Waals surface area contributed by atoms with Gasteiger partial charge in [0.25, 0.3) is 0 Å². The van der Waals surface area contributed by atoms with Crippen LogP contribution in [0, 0.1) is 5.41 Å². The lowest BCUT2D eigenvalue weighted by Crippen LogP contribution is -2.48. The molecule has 0 aliphatic carbocycles. The van der Waals surface area contributed by atoms with Crippen LogP contribution in [0.1, 0.15) is 12.8 Å². The highest BCUT2D eigenvalue weighted by Gasteiger charge is 2.54. The van der Waals surface area contributed by atoms with Gasteiger partial charge in [-0.3, -0.25) is 0 Å². The molecule has 0 aromatic rings. The van der Waals surface area contributed by atoms with E-state index in [2.05, 4.69) is 5.32 Å². The maximum absolute atomic E-state index is 12.4. The van der Waals surface area contributed by atoms with E-state index in [0.717, 1.165) is 0 Å². The molecular weight excluding hydrogens is 284 g/mol. The molecule has 0 saturated carbocycles. The number of hydrogen-bond acceptors (Lipinski definition) is 3. The minimum Gasteiger partial charge on any atom is -0.475 e. The Labute approximate surface area is 104 Å². The molecule has 1 aliphatic rings. The summed E-state index contributed by atoms with van der Waals surface area (Å²) >= 11 is 0. The maximum Gasteiger partial charge on any atom is 0.490 e. The number of aliphatic hydroxyl groups is 1. The van der Waals surface area contributed by atoms with E-state index in [9.17, 15) is 26.3 Å². The molecule has 0 bridgehead atoms. The molecule has 0 radical (unpaired) electrons. The third-order valence-corrected chi connectivity index (χ3v) is 2.71. The highest BCUT2D eigenvalue weighted by Crippen LogP contribution is 2.44. The van der Waals surface area contributed by atoms with Crippen molar-refractivity contribution < 1.29 is 41.4 Å². The van der Waals surface area contributed by atoms with Crippen LogP contribution in [-0.4, -0.2) is 48.2 Å². The highest BCUT2D eigenvalue weighted by molar-refractivity contribution is 5.73. The van der Waals surface area contributed by atoms with Crippen LogP contribution in [-0.2, 0) is 4.79 Å². The van der Waals surface area contributed by atoms with Crippen LogP contribution in [0.5, 0.6) is 0 Å². The number of hydrogen-bond donors (Lipinski definition) is 3. The molecule has 0 spiro atoms. The number of halogens is 6. The zero-order valence-electron chi connectivity index (χ0n) is 9.61. The number of rotatable bonds is 1. The lowest BCUT2D eigenvalue weighted by molar-refractivity contribution is -0.243. The molecule has 1 rings (SSSR count). The van der Waals surface area contributed by atoms with Gasteiger partial charge in [0.05, 0.1) is 12.0 Å². The van der Waals surface area contributed by atoms with Crippen molar-refractivity contribution in [2.75, 3.05) is 19.7 Å². The van der Waals surface area contributed by atoms with E-state index in [0.29, 0.717) is 13.1 Å². The fourth-order valence-electron chi connectivity index (χ4n) is 1.44. The quantitative estimate of drug-likeness (QED) is 0.642. The van der Waals surface area contributed by atoms with E-state index in [1.54, 1.807) is 0 Å². The van der Waals surface area contributed by atoms with Crippen molar-refractivity contribution in [3.8, 4) is 0 Å². The van der Waals surface area contributed by atoms with Crippen LogP contribution in [0.3, 0.4) is 0 Å². The first-order valence-electron chi connectivity index (χ1n) is 5.15. The molecule has 19 heavy (non-hydrogen) atoms. The molecule has 0 aromatic heterocycles. The second-order valence-electron chi connectivity index (χ2n) is 3.99. The normalized spacial score (nSPS) is 19.3. The van der Waals surface area contributed by atoms with Crippen molar-refractivity contribution in [1.29, 1.82) is 0 Å². The van der Waals surface area contributed by atoms with Gasteiger partial charge < -0.3 is 15.5 Å². The molecule has 0 atom stereocenters. The summed E-state index contributed by atoms with van der Waals surface area (Å²) in [7, 11) is 0. The Hall–Kier alpha value is -1.03. The van der Waals surface area contributed by atoms with Gasteiger partial charge in [-0.2, -0.15) is 26.3 Å². The second-order valence-corrected chi connectivity index (χ2v) is 3.99. The summed E-state index contributed by atoms with van der Waals surface area (Å²) in [5.41, 5.74) is -1.85. The van der Waals surface area contributed by atoms with Crippen LogP contribution in [0.15, 0.2) is 0 Å². The van der Waals surface area contributed by atoms with Gasteiger partial charge in [-0.15, -0.1) is 0 Å². The Morgan fingerprint density at radius 3 is 1.63 bits per heavy atom. The van der Waals surface area contributed by atoms with Crippen LogP contribution >= 0.6 is 0 Å². The molecule has 0 amide bonds. The number of aliphatic carboxylic acids is 1. The zero-order valence-corrected chi connectivity index (χ0v) is 9.61. The Bertz CT molecular complexity index is 295. The van der Waals surface area contributed by atoms with E-state index in [1.165, 1.54) is 0 Å². The minimum absolute atomic E-state index is 0.0208. The Kier molecular flexibility index (Phi) is 6.07. The van der Waals surface area contributed by atoms with E-state index in [4.69, 9.17) is 15.0 Å². The molecule has 1 saturated heterocycles. The Morgan fingerprint density at radius 2 is 1.47 bits per heavy atom. The van der Waals surface area contributed by atoms with Crippen molar-refractivity contribution in [1.82, 2.24) is 5.32 Å². The third kappa shape index (κ3) is 5.23. The van der Waals surface area contributed by atoms with Gasteiger partial charge in [-0.05, 0) is 25.9 Å². The number of carboxylic acids is 1. The predicted octanol–water partition coefficient (Wildman–Crippen LogP) is 1.54.